The topological polar surface area (TPSA) is 125 Å². The number of ether oxygens (including phenoxy) is 4. The van der Waals surface area contributed by atoms with Gasteiger partial charge in [0.25, 0.3) is 0 Å². The Bertz CT molecular complexity index is 1180. The first-order valence-corrected chi connectivity index (χ1v) is 33.2. The van der Waals surface area contributed by atoms with Gasteiger partial charge in [0.2, 0.25) is 0 Å². The average Bonchev–Trinajstić information content (AvgIpc) is 3.40. The molecule has 0 aliphatic heterocycles. The Labute approximate surface area is 464 Å². The number of esters is 4. The molecule has 1 N–H and O–H groups in total. The molecule has 0 saturated heterocycles. The molecular weight excluding hydrogens is 937 g/mol. The second kappa shape index (κ2) is 64.4. The van der Waals surface area contributed by atoms with Crippen molar-refractivity contribution in [1.82, 2.24) is 0 Å². The van der Waals surface area contributed by atoms with Gasteiger partial charge in [-0.25, -0.2) is 0 Å². The van der Waals surface area contributed by atoms with Gasteiger partial charge in [-0.05, 0) is 44.9 Å². The molecule has 0 heterocycles. The first-order valence-electron chi connectivity index (χ1n) is 33.2. The van der Waals surface area contributed by atoms with Crippen molar-refractivity contribution in [2.24, 2.45) is 0 Å². The van der Waals surface area contributed by atoms with Crippen molar-refractivity contribution in [3.8, 4) is 0 Å². The van der Waals surface area contributed by atoms with Crippen molar-refractivity contribution in [2.45, 2.75) is 366 Å². The maximum atomic E-state index is 12.1. The molecule has 0 atom stereocenters. The molecule has 444 valence electrons. The third kappa shape index (κ3) is 64.3. The van der Waals surface area contributed by atoms with Crippen LogP contribution in [0.25, 0.3) is 0 Å². The predicted octanol–water partition coefficient (Wildman–Crippen LogP) is 20.0. The second-order valence-corrected chi connectivity index (χ2v) is 22.6. The summed E-state index contributed by atoms with van der Waals surface area (Å²) in [6.45, 7) is 4.07. The molecule has 0 aromatic rings. The molecule has 75 heavy (non-hydrogen) atoms. The molecule has 0 bridgehead atoms. The van der Waals surface area contributed by atoms with Crippen molar-refractivity contribution < 1.29 is 43.2 Å². The zero-order valence-electron chi connectivity index (χ0n) is 49.8. The van der Waals surface area contributed by atoms with Crippen molar-refractivity contribution in [3.63, 3.8) is 0 Å². The van der Waals surface area contributed by atoms with Gasteiger partial charge in [0.15, 0.2) is 0 Å². The van der Waals surface area contributed by atoms with E-state index >= 15 is 0 Å². The van der Waals surface area contributed by atoms with Crippen LogP contribution < -0.4 is 0 Å². The highest BCUT2D eigenvalue weighted by molar-refractivity contribution is 5.70. The van der Waals surface area contributed by atoms with E-state index in [4.69, 9.17) is 24.1 Å². The summed E-state index contributed by atoms with van der Waals surface area (Å²) in [7, 11) is 0. The molecule has 0 rings (SSSR count). The van der Waals surface area contributed by atoms with Crippen LogP contribution in [0.2, 0.25) is 0 Å². The number of carbonyl (C=O) groups excluding carboxylic acids is 4. The minimum atomic E-state index is -0.194. The minimum absolute atomic E-state index is 0.000661. The van der Waals surface area contributed by atoms with Gasteiger partial charge in [-0.3, -0.25) is 19.2 Å². The van der Waals surface area contributed by atoms with Crippen LogP contribution in [0.3, 0.4) is 0 Å². The smallest absolute Gasteiger partial charge is 0.305 e. The third-order valence-electron chi connectivity index (χ3n) is 15.2. The van der Waals surface area contributed by atoms with Gasteiger partial charge in [-0.2, -0.15) is 0 Å². The van der Waals surface area contributed by atoms with E-state index in [1.54, 1.807) is 0 Å². The fourth-order valence-electron chi connectivity index (χ4n) is 10.2. The van der Waals surface area contributed by atoms with E-state index in [1.165, 1.54) is 244 Å². The monoisotopic (exact) mass is 1060 g/mol. The van der Waals surface area contributed by atoms with Gasteiger partial charge in [-0.15, -0.1) is 0 Å². The number of hydrogen-bond acceptors (Lipinski definition) is 9. The normalized spacial score (nSPS) is 11.3. The zero-order chi connectivity index (χ0) is 54.3. The summed E-state index contributed by atoms with van der Waals surface area (Å²) >= 11 is 0. The molecule has 9 heteroatoms. The number of aliphatic hydroxyl groups is 1. The average molecular weight is 1060 g/mol. The molecule has 0 aliphatic carbocycles. The molecule has 0 saturated carbocycles. The van der Waals surface area contributed by atoms with Gasteiger partial charge in [0.05, 0.1) is 13.2 Å². The number of hydrogen-bond donors (Lipinski definition) is 1. The van der Waals surface area contributed by atoms with Crippen LogP contribution in [0.4, 0.5) is 0 Å². The summed E-state index contributed by atoms with van der Waals surface area (Å²) < 4.78 is 21.5. The Morgan fingerprint density at radius 2 is 0.373 bits per heavy atom. The predicted molar refractivity (Wildman–Crippen MR) is 315 cm³/mol. The lowest BCUT2D eigenvalue weighted by Gasteiger charge is -2.07. The number of aliphatic hydroxyl groups excluding tert-OH is 1. The maximum Gasteiger partial charge on any atom is 0.305 e. The highest BCUT2D eigenvalue weighted by Crippen LogP contribution is 2.18. The summed E-state index contributed by atoms with van der Waals surface area (Å²) in [5.74, 6) is -0.406. The van der Waals surface area contributed by atoms with Crippen LogP contribution in [-0.2, 0) is 38.1 Å². The Morgan fingerprint density at radius 1 is 0.213 bits per heavy atom. The first-order chi connectivity index (χ1) is 37.0. The maximum absolute atomic E-state index is 12.1. The van der Waals surface area contributed by atoms with Crippen molar-refractivity contribution in [3.05, 3.63) is 0 Å². The Morgan fingerprint density at radius 3 is 0.573 bits per heavy atom. The Kier molecular flexibility index (Phi) is 62.5. The molecule has 0 radical (unpaired) electrons. The van der Waals surface area contributed by atoms with E-state index in [-0.39, 0.29) is 37.1 Å². The summed E-state index contributed by atoms with van der Waals surface area (Å²) in [6.07, 6.45) is 66.0. The summed E-state index contributed by atoms with van der Waals surface area (Å²) in [5, 5.41) is 8.82. The van der Waals surface area contributed by atoms with E-state index in [2.05, 4.69) is 6.92 Å². The SMILES string of the molecule is CCCCCCCCCCCCCCCC(=O)OCCCCCCCCCCCCCCCC(=O)OCCCCCCCCCCCCCCCC(=O)OCCOC(=O)CCCCCCCCCCCCCCCO. The number of rotatable bonds is 64. The molecule has 0 aromatic heterocycles. The molecule has 0 amide bonds. The summed E-state index contributed by atoms with van der Waals surface area (Å²) in [4.78, 5) is 48.2. The molecule has 0 fully saturated rings. The minimum Gasteiger partial charge on any atom is -0.466 e. The summed E-state index contributed by atoms with van der Waals surface area (Å²) in [6, 6.07) is 0. The van der Waals surface area contributed by atoms with Crippen LogP contribution in [0, 0.1) is 0 Å². The highest BCUT2D eigenvalue weighted by atomic mass is 16.6. The Hall–Kier alpha value is -2.16. The van der Waals surface area contributed by atoms with Gasteiger partial charge >= 0.3 is 23.9 Å². The largest absolute Gasteiger partial charge is 0.466 e. The molecular formula is C66H126O9. The lowest BCUT2D eigenvalue weighted by molar-refractivity contribution is -0.152. The molecule has 9 nitrogen and oxygen atoms in total. The van der Waals surface area contributed by atoms with E-state index in [1.807, 2.05) is 0 Å². The molecule has 0 unspecified atom stereocenters. The standard InChI is InChI=1S/C66H126O9/c1-2-3-4-5-6-7-8-12-19-26-33-40-47-54-63(68)72-59-52-45-38-31-24-17-10-14-21-27-34-41-48-55-64(69)73-60-53-46-39-32-25-18-11-15-22-29-36-43-50-57-66(71)75-62-61-74-65(70)56-49-42-35-28-20-13-9-16-23-30-37-44-51-58-67/h67H,2-62H2,1H3. The van der Waals surface area contributed by atoms with E-state index < -0.39 is 0 Å². The lowest BCUT2D eigenvalue weighted by Crippen LogP contribution is -2.13. The molecule has 0 aromatic carbocycles. The Balaban J connectivity index is 3.28. The van der Waals surface area contributed by atoms with Crippen molar-refractivity contribution >= 4 is 23.9 Å². The second-order valence-electron chi connectivity index (χ2n) is 22.6. The van der Waals surface area contributed by atoms with E-state index in [0.29, 0.717) is 45.5 Å². The fraction of sp³-hybridized carbons (Fsp3) is 0.939. The van der Waals surface area contributed by atoms with Crippen LogP contribution in [0.1, 0.15) is 366 Å². The van der Waals surface area contributed by atoms with Crippen LogP contribution in [0.5, 0.6) is 0 Å². The van der Waals surface area contributed by atoms with Crippen molar-refractivity contribution in [1.29, 1.82) is 0 Å². The summed E-state index contributed by atoms with van der Waals surface area (Å²) in [5.41, 5.74) is 0. The first kappa shape index (κ1) is 72.8. The zero-order valence-corrected chi connectivity index (χ0v) is 49.8. The fourth-order valence-corrected chi connectivity index (χ4v) is 10.2. The van der Waals surface area contributed by atoms with Gasteiger partial charge in [0, 0.05) is 32.3 Å². The van der Waals surface area contributed by atoms with Crippen LogP contribution in [0.15, 0.2) is 0 Å². The van der Waals surface area contributed by atoms with Gasteiger partial charge in [0.1, 0.15) is 13.2 Å². The highest BCUT2D eigenvalue weighted by Gasteiger charge is 2.08. The van der Waals surface area contributed by atoms with E-state index in [9.17, 15) is 19.2 Å². The molecule has 0 aliphatic rings. The van der Waals surface area contributed by atoms with Crippen LogP contribution in [-0.4, -0.2) is 62.0 Å². The van der Waals surface area contributed by atoms with Crippen LogP contribution >= 0.6 is 0 Å². The number of carbonyl (C=O) groups is 4. The van der Waals surface area contributed by atoms with Gasteiger partial charge < -0.3 is 24.1 Å². The van der Waals surface area contributed by atoms with E-state index in [0.717, 1.165) is 89.9 Å². The quantitative estimate of drug-likeness (QED) is 0.0360. The molecule has 0 spiro atoms. The lowest BCUT2D eigenvalue weighted by atomic mass is 10.0. The number of unbranched alkanes of at least 4 members (excludes halogenated alkanes) is 48. The van der Waals surface area contributed by atoms with Gasteiger partial charge in [-0.1, -0.05) is 296 Å². The third-order valence-corrected chi connectivity index (χ3v) is 15.2. The van der Waals surface area contributed by atoms with Crippen molar-refractivity contribution in [2.75, 3.05) is 33.0 Å².